The second-order valence-corrected chi connectivity index (χ2v) is 11.0. The molecule has 1 N–H and O–H groups in total. The van der Waals surface area contributed by atoms with Crippen LogP contribution >= 0.6 is 17.8 Å². The molecule has 3 aromatic carbocycles. The molecule has 0 heterocycles. The first kappa shape index (κ1) is 20.7. The summed E-state index contributed by atoms with van der Waals surface area (Å²) in [5, 5.41) is 6.23. The summed E-state index contributed by atoms with van der Waals surface area (Å²) in [6.45, 7) is 5.56. The molecule has 2 nitrogen and oxygen atoms in total. The number of hydrogen-bond acceptors (Lipinski definition) is 2. The minimum atomic E-state index is -2.45. The van der Waals surface area contributed by atoms with Crippen molar-refractivity contribution >= 4 is 46.0 Å². The molecule has 142 valence electrons. The number of carbonyl (C=O) groups excluding carboxylic acids is 1. The van der Waals surface area contributed by atoms with Crippen LogP contribution in [0.15, 0.2) is 97.1 Å². The zero-order chi connectivity index (χ0) is 20.1. The van der Waals surface area contributed by atoms with Crippen molar-refractivity contribution in [3.8, 4) is 0 Å². The fourth-order valence-electron chi connectivity index (χ4n) is 3.00. The van der Waals surface area contributed by atoms with E-state index in [1.807, 2.05) is 84.9 Å². The predicted octanol–water partition coefficient (Wildman–Crippen LogP) is 5.16. The maximum Gasteiger partial charge on any atom is 0.157 e. The molecule has 1 unspecified atom stereocenters. The van der Waals surface area contributed by atoms with Crippen LogP contribution in [0.2, 0.25) is 5.02 Å². The molecular weight excluding hydrogens is 405 g/mol. The van der Waals surface area contributed by atoms with Crippen LogP contribution in [0.3, 0.4) is 0 Å². The van der Waals surface area contributed by atoms with Crippen LogP contribution in [0, 0.1) is 0 Å². The summed E-state index contributed by atoms with van der Waals surface area (Å²) in [6.07, 6.45) is -2.45. The predicted molar refractivity (Wildman–Crippen MR) is 124 cm³/mol. The van der Waals surface area contributed by atoms with E-state index in [4.69, 9.17) is 23.4 Å². The Morgan fingerprint density at radius 3 is 1.86 bits per heavy atom. The molecule has 3 aromatic rings. The second-order valence-electron chi connectivity index (χ2n) is 6.45. The number of nitrogens with one attached hydrogen (secondary N) is 1. The highest BCUT2D eigenvalue weighted by atomic mass is 35.5. The second kappa shape index (κ2) is 8.98. The molecule has 0 aliphatic carbocycles. The molecule has 0 bridgehead atoms. The third kappa shape index (κ3) is 4.34. The molecule has 0 aliphatic heterocycles. The first-order valence-electron chi connectivity index (χ1n) is 8.86. The zero-order valence-corrected chi connectivity index (χ0v) is 18.0. The first-order chi connectivity index (χ1) is 13.4. The smallest absolute Gasteiger partial charge is 0.157 e. The van der Waals surface area contributed by atoms with Gasteiger partial charge in [-0.3, -0.25) is 9.88 Å². The van der Waals surface area contributed by atoms with Gasteiger partial charge in [-0.1, -0.05) is 109 Å². The van der Waals surface area contributed by atoms with Crippen molar-refractivity contribution in [1.29, 1.82) is 0 Å². The lowest BCUT2D eigenvalue weighted by Gasteiger charge is -2.31. The van der Waals surface area contributed by atoms with Gasteiger partial charge in [-0.15, -0.1) is 0 Å². The molecule has 0 aliphatic rings. The third-order valence-corrected chi connectivity index (χ3v) is 9.17. The lowest BCUT2D eigenvalue weighted by Crippen LogP contribution is -2.32. The summed E-state index contributed by atoms with van der Waals surface area (Å²) in [6, 6.07) is 27.0. The van der Waals surface area contributed by atoms with Crippen molar-refractivity contribution in [3.05, 3.63) is 108 Å². The molecule has 1 atom stereocenters. The molecule has 0 saturated carbocycles. The van der Waals surface area contributed by atoms with E-state index in [-0.39, 0.29) is 5.78 Å². The Hall–Kier alpha value is -2.03. The third-order valence-electron chi connectivity index (χ3n) is 4.57. The summed E-state index contributed by atoms with van der Waals surface area (Å²) in [7, 11) is 0. The van der Waals surface area contributed by atoms with Crippen LogP contribution in [-0.2, 0) is 16.6 Å². The topological polar surface area (TPSA) is 29.1 Å². The molecule has 0 aromatic heterocycles. The monoisotopic (exact) mass is 425 g/mol. The lowest BCUT2D eigenvalue weighted by atomic mass is 9.98. The summed E-state index contributed by atoms with van der Waals surface area (Å²) in [5.74, 6) is -0.0971. The van der Waals surface area contributed by atoms with Crippen LogP contribution in [-0.4, -0.2) is 5.78 Å². The molecule has 0 amide bonds. The number of ketones is 1. The highest BCUT2D eigenvalue weighted by molar-refractivity contribution is 8.20. The van der Waals surface area contributed by atoms with E-state index in [0.29, 0.717) is 10.6 Å². The van der Waals surface area contributed by atoms with E-state index in [0.717, 1.165) is 16.2 Å². The normalized spacial score (nSPS) is 12.4. The van der Waals surface area contributed by atoms with Gasteiger partial charge in [-0.2, -0.15) is 0 Å². The van der Waals surface area contributed by atoms with Crippen molar-refractivity contribution in [2.24, 2.45) is 0 Å². The maximum absolute atomic E-state index is 12.2. The first-order valence-corrected chi connectivity index (χ1v) is 12.0. The Balaban J connectivity index is 2.17. The number of hydrogen-bond donors (Lipinski definition) is 1. The molecule has 0 radical (unpaired) electrons. The highest BCUT2D eigenvalue weighted by Gasteiger charge is 2.30. The Labute approximate surface area is 176 Å². The van der Waals surface area contributed by atoms with E-state index in [9.17, 15) is 4.79 Å². The van der Waals surface area contributed by atoms with Gasteiger partial charge in [-0.25, -0.2) is 0 Å². The van der Waals surface area contributed by atoms with Crippen molar-refractivity contribution in [2.75, 3.05) is 0 Å². The van der Waals surface area contributed by atoms with Crippen molar-refractivity contribution < 1.29 is 4.79 Å². The maximum atomic E-state index is 12.2. The Kier molecular flexibility index (Phi) is 6.64. The van der Waals surface area contributed by atoms with Gasteiger partial charge in [0.05, 0.1) is 12.2 Å². The van der Waals surface area contributed by atoms with E-state index in [1.54, 1.807) is 0 Å². The highest BCUT2D eigenvalue weighted by Crippen LogP contribution is 2.44. The average molecular weight is 426 g/mol. The quantitative estimate of drug-likeness (QED) is 0.418. The Bertz CT molecular complexity index is 993. The van der Waals surface area contributed by atoms with Crippen molar-refractivity contribution in [3.63, 3.8) is 0 Å². The minimum absolute atomic E-state index is 0.0971. The van der Waals surface area contributed by atoms with Crippen molar-refractivity contribution in [2.45, 2.75) is 13.0 Å². The van der Waals surface area contributed by atoms with Gasteiger partial charge in [0.2, 0.25) is 0 Å². The average Bonchev–Trinajstić information content (AvgIpc) is 2.73. The van der Waals surface area contributed by atoms with Gasteiger partial charge < -0.3 is 0 Å². The standard InChI is InChI=1S/C23H21ClNOPS/c1-17(18(2)26)23(21-15-9-10-16-22(21)24)25-27(28,19-11-5-3-6-12-19)20-13-7-4-8-14-20/h3-16,23H,1H2,2H3,(H,25,28). The summed E-state index contributed by atoms with van der Waals surface area (Å²) in [4.78, 5) is 12.2. The molecule has 0 saturated heterocycles. The largest absolute Gasteiger partial charge is 0.295 e. The van der Waals surface area contributed by atoms with Crippen LogP contribution in [0.25, 0.3) is 0 Å². The van der Waals surface area contributed by atoms with E-state index >= 15 is 0 Å². The molecule has 5 heteroatoms. The van der Waals surface area contributed by atoms with Gasteiger partial charge in [0.1, 0.15) is 0 Å². The van der Waals surface area contributed by atoms with Crippen molar-refractivity contribution in [1.82, 2.24) is 5.09 Å². The fraction of sp³-hybridized carbons (Fsp3) is 0.0870. The molecular formula is C23H21ClNOPS. The van der Waals surface area contributed by atoms with Gasteiger partial charge in [0.25, 0.3) is 0 Å². The van der Waals surface area contributed by atoms with Crippen LogP contribution in [0.5, 0.6) is 0 Å². The van der Waals surface area contributed by atoms with Gasteiger partial charge >= 0.3 is 0 Å². The van der Waals surface area contributed by atoms with Crippen LogP contribution in [0.4, 0.5) is 0 Å². The molecule has 0 spiro atoms. The van der Waals surface area contributed by atoms with E-state index < -0.39 is 12.2 Å². The SMILES string of the molecule is C=C(C(C)=O)C(NP(=S)(c1ccccc1)c1ccccc1)c1ccccc1Cl. The van der Waals surface area contributed by atoms with E-state index in [1.165, 1.54) is 6.92 Å². The summed E-state index contributed by atoms with van der Waals surface area (Å²) in [5.41, 5.74) is 1.24. The molecule has 3 rings (SSSR count). The lowest BCUT2D eigenvalue weighted by molar-refractivity contribution is -0.113. The number of benzene rings is 3. The summed E-state index contributed by atoms with van der Waals surface area (Å²) < 4.78 is 0. The minimum Gasteiger partial charge on any atom is -0.295 e. The Morgan fingerprint density at radius 2 is 1.39 bits per heavy atom. The van der Waals surface area contributed by atoms with Gasteiger partial charge in [-0.05, 0) is 18.6 Å². The summed E-state index contributed by atoms with van der Waals surface area (Å²) >= 11 is 12.7. The number of carbonyl (C=O) groups is 1. The molecule has 28 heavy (non-hydrogen) atoms. The zero-order valence-electron chi connectivity index (χ0n) is 15.5. The molecule has 0 fully saturated rings. The van der Waals surface area contributed by atoms with Gasteiger partial charge in [0.15, 0.2) is 5.78 Å². The number of Topliss-reactive ketones (excluding diaryl/α,β-unsaturated/α-hetero) is 1. The van der Waals surface area contributed by atoms with Crippen LogP contribution < -0.4 is 15.7 Å². The van der Waals surface area contributed by atoms with Gasteiger partial charge in [0, 0.05) is 21.2 Å². The van der Waals surface area contributed by atoms with Crippen LogP contribution in [0.1, 0.15) is 18.5 Å². The number of halogens is 1. The fourth-order valence-corrected chi connectivity index (χ4v) is 6.73. The number of rotatable bonds is 7. The Morgan fingerprint density at radius 1 is 0.929 bits per heavy atom. The van der Waals surface area contributed by atoms with E-state index in [2.05, 4.69) is 11.7 Å².